The Morgan fingerprint density at radius 3 is 3.21 bits per heavy atom. The summed E-state index contributed by atoms with van der Waals surface area (Å²) < 4.78 is 0. The molecule has 76 valence electrons. The van der Waals surface area contributed by atoms with Gasteiger partial charge in [0.1, 0.15) is 5.78 Å². The number of Topliss-reactive ketones (excluding diaryl/α,β-unsaturated/α-hetero) is 1. The van der Waals surface area contributed by atoms with E-state index >= 15 is 0 Å². The number of thiazole rings is 1. The van der Waals surface area contributed by atoms with Crippen LogP contribution >= 0.6 is 11.3 Å². The molecule has 1 fully saturated rings. The lowest BCUT2D eigenvalue weighted by Crippen LogP contribution is -2.37. The van der Waals surface area contributed by atoms with E-state index in [4.69, 9.17) is 0 Å². The number of nitrogens with zero attached hydrogens (tertiary/aromatic N) is 1. The largest absolute Gasteiger partial charge is 0.316 e. The van der Waals surface area contributed by atoms with E-state index in [1.165, 1.54) is 4.88 Å². The Morgan fingerprint density at radius 1 is 1.71 bits per heavy atom. The van der Waals surface area contributed by atoms with E-state index in [1.54, 1.807) is 11.3 Å². The van der Waals surface area contributed by atoms with Crippen molar-refractivity contribution < 1.29 is 4.79 Å². The molecule has 1 N–H and O–H groups in total. The van der Waals surface area contributed by atoms with Gasteiger partial charge in [0.15, 0.2) is 0 Å². The lowest BCUT2D eigenvalue weighted by atomic mass is 9.94. The fraction of sp³-hybridized carbons (Fsp3) is 0.600. The van der Waals surface area contributed by atoms with Crippen LogP contribution in [0.3, 0.4) is 0 Å². The Bertz CT molecular complexity index is 335. The number of aryl methyl sites for hydroxylation is 1. The van der Waals surface area contributed by atoms with E-state index in [1.807, 2.05) is 13.1 Å². The van der Waals surface area contributed by atoms with E-state index in [-0.39, 0.29) is 5.92 Å². The zero-order valence-electron chi connectivity index (χ0n) is 8.25. The van der Waals surface area contributed by atoms with Crippen molar-refractivity contribution in [2.75, 3.05) is 13.1 Å². The highest BCUT2D eigenvalue weighted by Crippen LogP contribution is 2.18. The molecule has 1 aromatic rings. The molecule has 1 unspecified atom stereocenters. The molecule has 0 radical (unpaired) electrons. The maximum Gasteiger partial charge on any atom is 0.138 e. The zero-order chi connectivity index (χ0) is 9.97. The van der Waals surface area contributed by atoms with Gasteiger partial charge in [0.2, 0.25) is 0 Å². The summed E-state index contributed by atoms with van der Waals surface area (Å²) in [5, 5.41) is 4.34. The molecule has 0 bridgehead atoms. The first-order chi connectivity index (χ1) is 6.75. The third kappa shape index (κ3) is 2.19. The number of piperidine rings is 1. The molecule has 0 spiro atoms. The van der Waals surface area contributed by atoms with Gasteiger partial charge in [0.25, 0.3) is 0 Å². The number of hydrogen-bond acceptors (Lipinski definition) is 4. The Hall–Kier alpha value is -0.740. The van der Waals surface area contributed by atoms with Crippen molar-refractivity contribution in [3.8, 4) is 0 Å². The van der Waals surface area contributed by atoms with Gasteiger partial charge in [0.05, 0.1) is 5.01 Å². The fourth-order valence-corrected chi connectivity index (χ4v) is 2.61. The molecule has 14 heavy (non-hydrogen) atoms. The molecule has 2 rings (SSSR count). The number of ketones is 1. The van der Waals surface area contributed by atoms with E-state index < -0.39 is 0 Å². The fourth-order valence-electron chi connectivity index (χ4n) is 1.73. The summed E-state index contributed by atoms with van der Waals surface area (Å²) in [6, 6.07) is 0. The molecule has 0 amide bonds. The van der Waals surface area contributed by atoms with Gasteiger partial charge >= 0.3 is 0 Å². The second-order valence-electron chi connectivity index (χ2n) is 3.67. The quantitative estimate of drug-likeness (QED) is 0.797. The van der Waals surface area contributed by atoms with Gasteiger partial charge in [-0.2, -0.15) is 0 Å². The van der Waals surface area contributed by atoms with Crippen molar-refractivity contribution in [2.45, 2.75) is 19.8 Å². The first kappa shape index (κ1) is 9.80. The van der Waals surface area contributed by atoms with Crippen LogP contribution in [-0.2, 0) is 11.2 Å². The topological polar surface area (TPSA) is 42.0 Å². The van der Waals surface area contributed by atoms with Gasteiger partial charge in [-0.15, -0.1) is 11.3 Å². The molecule has 1 atom stereocenters. The number of nitrogens with one attached hydrogen (secondary N) is 1. The Morgan fingerprint density at radius 2 is 2.57 bits per heavy atom. The van der Waals surface area contributed by atoms with Crippen molar-refractivity contribution in [3.05, 3.63) is 16.1 Å². The average Bonchev–Trinajstić information content (AvgIpc) is 2.56. The van der Waals surface area contributed by atoms with Crippen molar-refractivity contribution in [1.82, 2.24) is 10.3 Å². The Kier molecular flexibility index (Phi) is 2.93. The molecule has 0 aliphatic carbocycles. The van der Waals surface area contributed by atoms with Crippen LogP contribution in [0, 0.1) is 12.8 Å². The Labute approximate surface area is 87.6 Å². The lowest BCUT2D eigenvalue weighted by Gasteiger charge is -2.20. The standard InChI is InChI=1S/C10H14N2OS/c1-7-12-6-9(14-7)4-8-5-11-3-2-10(8)13/h6,8,11H,2-5H2,1H3. The highest BCUT2D eigenvalue weighted by Gasteiger charge is 2.22. The van der Waals surface area contributed by atoms with Crippen molar-refractivity contribution in [3.63, 3.8) is 0 Å². The van der Waals surface area contributed by atoms with E-state index in [2.05, 4.69) is 10.3 Å². The molecule has 1 saturated heterocycles. The number of carbonyl (C=O) groups excluding carboxylic acids is 1. The molecule has 4 heteroatoms. The van der Waals surface area contributed by atoms with Crippen molar-refractivity contribution in [1.29, 1.82) is 0 Å². The van der Waals surface area contributed by atoms with Gasteiger partial charge in [0, 0.05) is 36.5 Å². The van der Waals surface area contributed by atoms with Crippen LogP contribution in [0.5, 0.6) is 0 Å². The molecular weight excluding hydrogens is 196 g/mol. The summed E-state index contributed by atoms with van der Waals surface area (Å²) in [6.07, 6.45) is 3.43. The normalized spacial score (nSPS) is 22.6. The number of carbonyl (C=O) groups is 1. The average molecular weight is 210 g/mol. The second-order valence-corrected chi connectivity index (χ2v) is 4.99. The van der Waals surface area contributed by atoms with Crippen LogP contribution in [-0.4, -0.2) is 23.9 Å². The van der Waals surface area contributed by atoms with Gasteiger partial charge < -0.3 is 5.32 Å². The molecule has 1 aliphatic rings. The molecule has 0 saturated carbocycles. The molecule has 0 aromatic carbocycles. The third-order valence-electron chi connectivity index (χ3n) is 2.51. The SMILES string of the molecule is Cc1ncc(CC2CNCCC2=O)s1. The monoisotopic (exact) mass is 210 g/mol. The first-order valence-electron chi connectivity index (χ1n) is 4.90. The minimum atomic E-state index is 0.170. The van der Waals surface area contributed by atoms with E-state index in [0.29, 0.717) is 12.2 Å². The highest BCUT2D eigenvalue weighted by atomic mass is 32.1. The van der Waals surface area contributed by atoms with Crippen LogP contribution in [0.2, 0.25) is 0 Å². The maximum atomic E-state index is 11.5. The smallest absolute Gasteiger partial charge is 0.138 e. The predicted octanol–water partition coefficient (Wildman–Crippen LogP) is 1.17. The summed E-state index contributed by atoms with van der Waals surface area (Å²) in [5.74, 6) is 0.568. The van der Waals surface area contributed by atoms with Crippen LogP contribution in [0.4, 0.5) is 0 Å². The predicted molar refractivity (Wildman–Crippen MR) is 56.5 cm³/mol. The summed E-state index contributed by atoms with van der Waals surface area (Å²) in [5.41, 5.74) is 0. The van der Waals surface area contributed by atoms with Crippen LogP contribution in [0.1, 0.15) is 16.3 Å². The van der Waals surface area contributed by atoms with Crippen LogP contribution < -0.4 is 5.32 Å². The van der Waals surface area contributed by atoms with Crippen LogP contribution in [0.15, 0.2) is 6.20 Å². The third-order valence-corrected chi connectivity index (χ3v) is 3.45. The number of hydrogen-bond donors (Lipinski definition) is 1. The number of rotatable bonds is 2. The maximum absolute atomic E-state index is 11.5. The second kappa shape index (κ2) is 4.19. The zero-order valence-corrected chi connectivity index (χ0v) is 9.06. The molecule has 1 aliphatic heterocycles. The first-order valence-corrected chi connectivity index (χ1v) is 5.72. The lowest BCUT2D eigenvalue weighted by molar-refractivity contribution is -0.123. The minimum absolute atomic E-state index is 0.170. The summed E-state index contributed by atoms with van der Waals surface area (Å²) in [4.78, 5) is 17.0. The van der Waals surface area contributed by atoms with Gasteiger partial charge in [-0.1, -0.05) is 0 Å². The summed E-state index contributed by atoms with van der Waals surface area (Å²) in [6.45, 7) is 3.67. The minimum Gasteiger partial charge on any atom is -0.316 e. The number of aromatic nitrogens is 1. The summed E-state index contributed by atoms with van der Waals surface area (Å²) >= 11 is 1.69. The van der Waals surface area contributed by atoms with Gasteiger partial charge in [-0.3, -0.25) is 4.79 Å². The van der Waals surface area contributed by atoms with Gasteiger partial charge in [-0.05, 0) is 13.3 Å². The Balaban J connectivity index is 1.99. The molecule has 1 aromatic heterocycles. The van der Waals surface area contributed by atoms with Crippen molar-refractivity contribution >= 4 is 17.1 Å². The van der Waals surface area contributed by atoms with Crippen molar-refractivity contribution in [2.24, 2.45) is 5.92 Å². The molecule has 2 heterocycles. The molecular formula is C10H14N2OS. The van der Waals surface area contributed by atoms with Gasteiger partial charge in [-0.25, -0.2) is 4.98 Å². The molecule has 3 nitrogen and oxygen atoms in total. The van der Waals surface area contributed by atoms with E-state index in [0.717, 1.165) is 24.5 Å². The van der Waals surface area contributed by atoms with Crippen LogP contribution in [0.25, 0.3) is 0 Å². The highest BCUT2D eigenvalue weighted by molar-refractivity contribution is 7.11. The summed E-state index contributed by atoms with van der Waals surface area (Å²) in [7, 11) is 0. The van der Waals surface area contributed by atoms with E-state index in [9.17, 15) is 4.79 Å².